The number of hydrogen-bond acceptors (Lipinski definition) is 3. The first kappa shape index (κ1) is 13.1. The van der Waals surface area contributed by atoms with E-state index in [0.717, 1.165) is 6.42 Å². The predicted octanol–water partition coefficient (Wildman–Crippen LogP) is 1.90. The average molecular weight is 264 g/mol. The minimum absolute atomic E-state index is 0.260. The molecule has 1 aliphatic rings. The van der Waals surface area contributed by atoms with Crippen LogP contribution in [0.1, 0.15) is 24.5 Å². The molecule has 1 atom stereocenters. The fourth-order valence-electron chi connectivity index (χ4n) is 2.20. The quantitative estimate of drug-likeness (QED) is 0.819. The van der Waals surface area contributed by atoms with Crippen molar-refractivity contribution in [3.8, 4) is 6.07 Å². The van der Waals surface area contributed by atoms with Crippen molar-refractivity contribution in [2.45, 2.75) is 25.2 Å². The molecular formula is C13H16N2O2S. The molecule has 0 bridgehead atoms. The summed E-state index contributed by atoms with van der Waals surface area (Å²) in [4.78, 5) is 0.260. The number of nitrogens with zero attached hydrogens (tertiary/aromatic N) is 2. The maximum atomic E-state index is 12.5. The van der Waals surface area contributed by atoms with Crippen molar-refractivity contribution in [2.75, 3.05) is 13.1 Å². The van der Waals surface area contributed by atoms with E-state index in [0.29, 0.717) is 30.1 Å². The van der Waals surface area contributed by atoms with E-state index in [2.05, 4.69) is 0 Å². The van der Waals surface area contributed by atoms with Crippen molar-refractivity contribution in [3.05, 3.63) is 29.3 Å². The Balaban J connectivity index is 2.45. The van der Waals surface area contributed by atoms with Gasteiger partial charge >= 0.3 is 0 Å². The van der Waals surface area contributed by atoms with Gasteiger partial charge in [-0.15, -0.1) is 0 Å². The molecule has 1 aromatic rings. The molecule has 0 aromatic heterocycles. The summed E-state index contributed by atoms with van der Waals surface area (Å²) in [5.74, 6) is 0.402. The van der Waals surface area contributed by atoms with E-state index in [1.807, 2.05) is 13.0 Å². The average Bonchev–Trinajstić information content (AvgIpc) is 2.77. The SMILES string of the molecule is Cc1ccc(C#N)cc1S(=O)(=O)N1CCC(C)C1. The summed E-state index contributed by atoms with van der Waals surface area (Å²) in [5, 5.41) is 8.87. The zero-order chi connectivity index (χ0) is 13.3. The summed E-state index contributed by atoms with van der Waals surface area (Å²) in [6.45, 7) is 4.94. The topological polar surface area (TPSA) is 61.2 Å². The van der Waals surface area contributed by atoms with Gasteiger partial charge in [0, 0.05) is 13.1 Å². The van der Waals surface area contributed by atoms with Crippen molar-refractivity contribution >= 4 is 10.0 Å². The number of nitriles is 1. The lowest BCUT2D eigenvalue weighted by molar-refractivity contribution is 0.464. The van der Waals surface area contributed by atoms with Crippen molar-refractivity contribution in [2.24, 2.45) is 5.92 Å². The van der Waals surface area contributed by atoms with E-state index in [1.54, 1.807) is 19.1 Å². The molecule has 1 unspecified atom stereocenters. The normalized spacial score (nSPS) is 20.8. The number of sulfonamides is 1. The lowest BCUT2D eigenvalue weighted by Crippen LogP contribution is -2.29. The van der Waals surface area contributed by atoms with E-state index < -0.39 is 10.0 Å². The molecule has 0 aliphatic carbocycles. The van der Waals surface area contributed by atoms with Crippen LogP contribution >= 0.6 is 0 Å². The number of benzene rings is 1. The highest BCUT2D eigenvalue weighted by Crippen LogP contribution is 2.26. The summed E-state index contributed by atoms with van der Waals surface area (Å²) < 4.78 is 26.5. The van der Waals surface area contributed by atoms with Crippen molar-refractivity contribution in [1.82, 2.24) is 4.31 Å². The molecule has 4 nitrogen and oxygen atoms in total. The Labute approximate surface area is 108 Å². The Morgan fingerprint density at radius 2 is 2.17 bits per heavy atom. The van der Waals surface area contributed by atoms with Gasteiger partial charge in [0.15, 0.2) is 0 Å². The van der Waals surface area contributed by atoms with Crippen LogP contribution in [-0.2, 0) is 10.0 Å². The van der Waals surface area contributed by atoms with Crippen LogP contribution in [0.15, 0.2) is 23.1 Å². The van der Waals surface area contributed by atoms with Crippen LogP contribution in [0.3, 0.4) is 0 Å². The van der Waals surface area contributed by atoms with Crippen molar-refractivity contribution in [1.29, 1.82) is 5.26 Å². The van der Waals surface area contributed by atoms with Gasteiger partial charge in [-0.2, -0.15) is 9.57 Å². The number of hydrogen-bond donors (Lipinski definition) is 0. The maximum absolute atomic E-state index is 12.5. The molecule has 96 valence electrons. The second-order valence-electron chi connectivity index (χ2n) is 4.85. The highest BCUT2D eigenvalue weighted by Gasteiger charge is 2.31. The Morgan fingerprint density at radius 3 is 2.72 bits per heavy atom. The van der Waals surface area contributed by atoms with E-state index in [-0.39, 0.29) is 4.90 Å². The molecule has 1 fully saturated rings. The molecule has 0 N–H and O–H groups in total. The smallest absolute Gasteiger partial charge is 0.207 e. The van der Waals surface area contributed by atoms with Gasteiger partial charge in [-0.25, -0.2) is 8.42 Å². The highest BCUT2D eigenvalue weighted by molar-refractivity contribution is 7.89. The van der Waals surface area contributed by atoms with Crippen molar-refractivity contribution in [3.63, 3.8) is 0 Å². The van der Waals surface area contributed by atoms with Crippen LogP contribution in [0.5, 0.6) is 0 Å². The summed E-state index contributed by atoms with van der Waals surface area (Å²) in [7, 11) is -3.45. The molecule has 0 saturated carbocycles. The standard InChI is InChI=1S/C13H16N2O2S/c1-10-5-6-15(9-10)18(16,17)13-7-12(8-14)4-3-11(13)2/h3-4,7,10H,5-6,9H2,1-2H3. The monoisotopic (exact) mass is 264 g/mol. The molecule has 1 saturated heterocycles. The Morgan fingerprint density at radius 1 is 1.44 bits per heavy atom. The van der Waals surface area contributed by atoms with Gasteiger partial charge in [-0.3, -0.25) is 0 Å². The largest absolute Gasteiger partial charge is 0.243 e. The number of rotatable bonds is 2. The molecule has 0 spiro atoms. The first-order valence-corrected chi connectivity index (χ1v) is 7.40. The minimum atomic E-state index is -3.45. The Kier molecular flexibility index (Phi) is 3.42. The molecule has 0 amide bonds. The molecule has 1 heterocycles. The fourth-order valence-corrected chi connectivity index (χ4v) is 4.03. The molecular weight excluding hydrogens is 248 g/mol. The Bertz CT molecular complexity index is 602. The van der Waals surface area contributed by atoms with Gasteiger partial charge in [0.1, 0.15) is 0 Å². The first-order valence-electron chi connectivity index (χ1n) is 5.96. The van der Waals surface area contributed by atoms with Crippen LogP contribution in [0, 0.1) is 24.2 Å². The second-order valence-corrected chi connectivity index (χ2v) is 6.76. The van der Waals surface area contributed by atoms with Gasteiger partial charge in [0.2, 0.25) is 10.0 Å². The zero-order valence-corrected chi connectivity index (χ0v) is 11.4. The third-order valence-corrected chi connectivity index (χ3v) is 5.33. The molecule has 18 heavy (non-hydrogen) atoms. The van der Waals surface area contributed by atoms with Crippen LogP contribution in [0.4, 0.5) is 0 Å². The van der Waals surface area contributed by atoms with Gasteiger partial charge in [0.25, 0.3) is 0 Å². The molecule has 1 aromatic carbocycles. The lowest BCUT2D eigenvalue weighted by atomic mass is 10.2. The van der Waals surface area contributed by atoms with Crippen LogP contribution in [-0.4, -0.2) is 25.8 Å². The van der Waals surface area contributed by atoms with Crippen LogP contribution in [0.2, 0.25) is 0 Å². The van der Waals surface area contributed by atoms with E-state index >= 15 is 0 Å². The van der Waals surface area contributed by atoms with E-state index in [4.69, 9.17) is 5.26 Å². The molecule has 1 aliphatic heterocycles. The van der Waals surface area contributed by atoms with Gasteiger partial charge in [-0.05, 0) is 37.0 Å². The molecule has 5 heteroatoms. The summed E-state index contributed by atoms with van der Waals surface area (Å²) >= 11 is 0. The van der Waals surface area contributed by atoms with Gasteiger partial charge in [0.05, 0.1) is 16.5 Å². The third kappa shape index (κ3) is 2.26. The fraction of sp³-hybridized carbons (Fsp3) is 0.462. The first-order chi connectivity index (χ1) is 8.45. The Hall–Kier alpha value is -1.38. The molecule has 0 radical (unpaired) electrons. The van der Waals surface area contributed by atoms with E-state index in [1.165, 1.54) is 10.4 Å². The van der Waals surface area contributed by atoms with Gasteiger partial charge < -0.3 is 0 Å². The maximum Gasteiger partial charge on any atom is 0.243 e. The second kappa shape index (κ2) is 4.71. The van der Waals surface area contributed by atoms with Gasteiger partial charge in [-0.1, -0.05) is 13.0 Å². The summed E-state index contributed by atoms with van der Waals surface area (Å²) in [6, 6.07) is 6.77. The van der Waals surface area contributed by atoms with E-state index in [9.17, 15) is 8.42 Å². The van der Waals surface area contributed by atoms with Crippen LogP contribution in [0.25, 0.3) is 0 Å². The molecule has 2 rings (SSSR count). The summed E-state index contributed by atoms with van der Waals surface area (Å²) in [6.07, 6.45) is 0.899. The number of aryl methyl sites for hydroxylation is 1. The van der Waals surface area contributed by atoms with Crippen molar-refractivity contribution < 1.29 is 8.42 Å². The minimum Gasteiger partial charge on any atom is -0.207 e. The van der Waals surface area contributed by atoms with Crippen LogP contribution < -0.4 is 0 Å². The third-order valence-electron chi connectivity index (χ3n) is 3.32. The zero-order valence-electron chi connectivity index (χ0n) is 10.5. The lowest BCUT2D eigenvalue weighted by Gasteiger charge is -2.17. The predicted molar refractivity (Wildman–Crippen MR) is 68.4 cm³/mol. The summed E-state index contributed by atoms with van der Waals surface area (Å²) in [5.41, 5.74) is 1.07. The highest BCUT2D eigenvalue weighted by atomic mass is 32.2.